The minimum Gasteiger partial charge on any atom is -0.508 e. The zero-order chi connectivity index (χ0) is 50.6. The lowest BCUT2D eigenvalue weighted by Gasteiger charge is -2.37. The van der Waals surface area contributed by atoms with Crippen molar-refractivity contribution >= 4 is 31.9 Å². The second-order valence-corrected chi connectivity index (χ2v) is 18.6. The molecule has 10 rings (SSSR count). The van der Waals surface area contributed by atoms with E-state index in [1.54, 1.807) is 48.5 Å². The molecule has 0 fully saturated rings. The molecule has 0 aromatic heterocycles. The van der Waals surface area contributed by atoms with Crippen molar-refractivity contribution in [3.8, 4) is 80.5 Å². The van der Waals surface area contributed by atoms with Gasteiger partial charge in [-0.1, -0.05) is 19.6 Å². The number of aliphatic hydroxyl groups is 5. The van der Waals surface area contributed by atoms with E-state index >= 15 is 0 Å². The number of benzene rings is 6. The number of phenols is 6. The van der Waals surface area contributed by atoms with E-state index in [1.165, 1.54) is 44.6 Å². The van der Waals surface area contributed by atoms with Gasteiger partial charge in [0.1, 0.15) is 46.7 Å². The first kappa shape index (κ1) is 51.6. The van der Waals surface area contributed by atoms with E-state index in [9.17, 15) is 56.2 Å². The molecule has 6 aromatic carbocycles. The van der Waals surface area contributed by atoms with E-state index in [-0.39, 0.29) is 90.1 Å². The van der Waals surface area contributed by atoms with E-state index in [2.05, 4.69) is 31.9 Å². The van der Waals surface area contributed by atoms with Gasteiger partial charge in [-0.05, 0) is 80.4 Å². The number of aliphatic hydroxyl groups excluding tert-OH is 5. The number of hydrogen-bond donors (Lipinski definition) is 11. The Kier molecular flexibility index (Phi) is 14.9. The molecule has 0 bridgehead atoms. The van der Waals surface area contributed by atoms with Crippen molar-refractivity contribution in [1.82, 2.24) is 0 Å². The molecule has 4 aliphatic heterocycles. The number of hydrogen-bond acceptors (Lipinski definition) is 19. The second kappa shape index (κ2) is 20.8. The number of methoxy groups -OCH3 is 2. The van der Waals surface area contributed by atoms with Crippen LogP contribution in [-0.4, -0.2) is 108 Å². The van der Waals surface area contributed by atoms with Crippen LogP contribution in [-0.2, 0) is 6.42 Å². The summed E-state index contributed by atoms with van der Waals surface area (Å²) in [5.41, 5.74) is 2.58. The van der Waals surface area contributed by atoms with Crippen LogP contribution in [0.2, 0.25) is 0 Å². The molecule has 0 amide bonds. The van der Waals surface area contributed by atoms with Gasteiger partial charge in [-0.25, -0.2) is 0 Å². The molecule has 0 spiro atoms. The Morgan fingerprint density at radius 2 is 0.958 bits per heavy atom. The standard InChI is InChI=1S/C25H23BrO10.C25H23BrO9.CH4/c1-33-16-5-10(2-3-14(16)29)23-19(9-27)36-25-13(26)4-11(6-18(25)35-23)24-22(32)21(31)20-15(30)7-12(28)8-17(20)34-24;1-32-20-5-11(2-3-16(20)29)24-22(10-27)35-25-15(26)4-12(6-21(25)34-24)23-18(31)9-14-17(30)7-13(28)8-19(14)33-23;/h2-8,19,21-24,27-32H,9H2,1H3;2-8,18,22-24,27-31H,9-10H2,1H3;1H4. The Morgan fingerprint density at radius 3 is 1.46 bits per heavy atom. The summed E-state index contributed by atoms with van der Waals surface area (Å²) in [4.78, 5) is 0. The van der Waals surface area contributed by atoms with Gasteiger partial charge in [0.05, 0.1) is 48.0 Å². The highest BCUT2D eigenvalue weighted by molar-refractivity contribution is 9.11. The van der Waals surface area contributed by atoms with Crippen molar-refractivity contribution in [2.75, 3.05) is 27.4 Å². The van der Waals surface area contributed by atoms with Crippen molar-refractivity contribution in [3.63, 3.8) is 0 Å². The summed E-state index contributed by atoms with van der Waals surface area (Å²) in [5, 5.41) is 112. The highest BCUT2D eigenvalue weighted by Crippen LogP contribution is 2.52. The molecule has 0 saturated carbocycles. The third kappa shape index (κ3) is 9.67. The highest BCUT2D eigenvalue weighted by Gasteiger charge is 2.42. The quantitative estimate of drug-likeness (QED) is 0.0724. The largest absolute Gasteiger partial charge is 0.508 e. The fourth-order valence-electron chi connectivity index (χ4n) is 8.88. The number of phenolic OH excluding ortho intramolecular Hbond substituents is 6. The van der Waals surface area contributed by atoms with Gasteiger partial charge in [-0.15, -0.1) is 0 Å². The van der Waals surface area contributed by atoms with Crippen LogP contribution < -0.4 is 37.9 Å². The van der Waals surface area contributed by atoms with Gasteiger partial charge in [0.2, 0.25) is 0 Å². The van der Waals surface area contributed by atoms with Gasteiger partial charge < -0.3 is 94.1 Å². The first-order chi connectivity index (χ1) is 34.0. The molecule has 11 N–H and O–H groups in total. The summed E-state index contributed by atoms with van der Waals surface area (Å²) in [7, 11) is 2.85. The average Bonchev–Trinajstić information content (AvgIpc) is 3.34. The number of fused-ring (bicyclic) bond motifs is 4. The van der Waals surface area contributed by atoms with Crippen molar-refractivity contribution in [2.24, 2.45) is 0 Å². The Hall–Kier alpha value is -6.72. The van der Waals surface area contributed by atoms with E-state index in [0.29, 0.717) is 54.0 Å². The van der Waals surface area contributed by atoms with Gasteiger partial charge in [0.15, 0.2) is 82.6 Å². The molecule has 72 heavy (non-hydrogen) atoms. The molecule has 19 nitrogen and oxygen atoms in total. The number of halogens is 2. The van der Waals surface area contributed by atoms with E-state index in [1.807, 2.05) is 0 Å². The van der Waals surface area contributed by atoms with Gasteiger partial charge in [0.25, 0.3) is 0 Å². The summed E-state index contributed by atoms with van der Waals surface area (Å²) in [5.74, 6) is 1.07. The molecule has 9 unspecified atom stereocenters. The van der Waals surface area contributed by atoms with Crippen LogP contribution in [0.25, 0.3) is 0 Å². The topological polar surface area (TPSA) is 296 Å². The van der Waals surface area contributed by atoms with Crippen molar-refractivity contribution in [1.29, 1.82) is 0 Å². The monoisotopic (exact) mass is 1120 g/mol. The van der Waals surface area contributed by atoms with Gasteiger partial charge in [0, 0.05) is 58.5 Å². The first-order valence-electron chi connectivity index (χ1n) is 21.8. The molecule has 21 heteroatoms. The van der Waals surface area contributed by atoms with Crippen LogP contribution in [0.15, 0.2) is 93.9 Å². The van der Waals surface area contributed by atoms with Crippen molar-refractivity contribution in [2.45, 2.75) is 68.8 Å². The summed E-state index contributed by atoms with van der Waals surface area (Å²) < 4.78 is 47.7. The lowest BCUT2D eigenvalue weighted by Crippen LogP contribution is -2.37. The summed E-state index contributed by atoms with van der Waals surface area (Å²) in [6.07, 6.45) is -8.66. The molecule has 382 valence electrons. The van der Waals surface area contributed by atoms with Gasteiger partial charge in [-0.2, -0.15) is 0 Å². The molecule has 6 aromatic rings. The lowest BCUT2D eigenvalue weighted by atomic mass is 9.91. The van der Waals surface area contributed by atoms with E-state index < -0.39 is 60.7 Å². The molecule has 0 aliphatic carbocycles. The lowest BCUT2D eigenvalue weighted by molar-refractivity contribution is -0.0713. The fraction of sp³-hybridized carbons (Fsp3) is 0.294. The predicted molar refractivity (Wildman–Crippen MR) is 261 cm³/mol. The molecule has 0 radical (unpaired) electrons. The minimum atomic E-state index is -1.48. The molecular formula is C51H50Br2O19. The molecular weight excluding hydrogens is 1080 g/mol. The Bertz CT molecular complexity index is 2990. The normalized spacial score (nSPS) is 23.3. The second-order valence-electron chi connectivity index (χ2n) is 16.9. The predicted octanol–water partition coefficient (Wildman–Crippen LogP) is 7.10. The minimum absolute atomic E-state index is 0. The third-order valence-electron chi connectivity index (χ3n) is 12.3. The summed E-state index contributed by atoms with van der Waals surface area (Å²) in [6.45, 7) is -0.683. The zero-order valence-electron chi connectivity index (χ0n) is 37.3. The summed E-state index contributed by atoms with van der Waals surface area (Å²) >= 11 is 6.92. The smallest absolute Gasteiger partial charge is 0.176 e. The third-order valence-corrected chi connectivity index (χ3v) is 13.5. The maximum absolute atomic E-state index is 10.8. The van der Waals surface area contributed by atoms with Crippen LogP contribution in [0.4, 0.5) is 0 Å². The Balaban J connectivity index is 0.000000190. The van der Waals surface area contributed by atoms with Crippen molar-refractivity contribution in [3.05, 3.63) is 127 Å². The fourth-order valence-corrected chi connectivity index (χ4v) is 9.99. The van der Waals surface area contributed by atoms with Crippen LogP contribution in [0.5, 0.6) is 80.5 Å². The number of rotatable bonds is 8. The summed E-state index contributed by atoms with van der Waals surface area (Å²) in [6, 6.07) is 20.9. The highest BCUT2D eigenvalue weighted by atomic mass is 79.9. The molecule has 4 heterocycles. The van der Waals surface area contributed by atoms with Crippen molar-refractivity contribution < 1.29 is 94.1 Å². The Morgan fingerprint density at radius 1 is 0.500 bits per heavy atom. The average molecular weight is 1130 g/mol. The van der Waals surface area contributed by atoms with E-state index in [0.717, 1.165) is 6.07 Å². The van der Waals surface area contributed by atoms with Gasteiger partial charge >= 0.3 is 0 Å². The van der Waals surface area contributed by atoms with Crippen LogP contribution in [0.1, 0.15) is 71.3 Å². The maximum atomic E-state index is 10.8. The molecule has 4 aliphatic rings. The Labute approximate surface area is 428 Å². The van der Waals surface area contributed by atoms with Gasteiger partial charge in [-0.3, -0.25) is 0 Å². The number of ether oxygens (including phenoxy) is 8. The number of aromatic hydroxyl groups is 6. The first-order valence-corrected chi connectivity index (χ1v) is 23.4. The SMILES string of the molecule is C.COc1cc(C2Oc3cc(C4Oc5cc(O)cc(O)c5C(O)C4O)cc(Br)c3OC2CO)ccc1O.COc1cc(C2Oc3cc(C4Oc5cc(O)cc(O)c5CC4O)cc(Br)c3OC2CO)ccc1O. The van der Waals surface area contributed by atoms with Crippen LogP contribution >= 0.6 is 31.9 Å². The van der Waals surface area contributed by atoms with Crippen LogP contribution in [0, 0.1) is 0 Å². The molecule has 9 atom stereocenters. The van der Waals surface area contributed by atoms with E-state index in [4.69, 9.17) is 37.9 Å². The maximum Gasteiger partial charge on any atom is 0.176 e. The molecule has 0 saturated heterocycles. The van der Waals surface area contributed by atoms with Crippen LogP contribution in [0.3, 0.4) is 0 Å². The zero-order valence-corrected chi connectivity index (χ0v) is 40.5.